The van der Waals surface area contributed by atoms with E-state index in [-0.39, 0.29) is 16.4 Å². The highest BCUT2D eigenvalue weighted by molar-refractivity contribution is 7.89. The standard InChI is InChI=1S/C15H14ClN3O4S/c1-10(20)17-13-6-8-14(9-7-13)24(22,23)19-18-15(21)11-2-4-12(16)5-3-11/h2-9,19H,1H3,(H,17,20)(H,18,21). The fourth-order valence-corrected chi connectivity index (χ4v) is 2.73. The molecule has 0 atom stereocenters. The Morgan fingerprint density at radius 2 is 1.54 bits per heavy atom. The smallest absolute Gasteiger partial charge is 0.266 e. The molecule has 2 amide bonds. The molecule has 3 N–H and O–H groups in total. The van der Waals surface area contributed by atoms with Crippen molar-refractivity contribution in [1.82, 2.24) is 10.3 Å². The van der Waals surface area contributed by atoms with Crippen LogP contribution >= 0.6 is 11.6 Å². The molecule has 0 radical (unpaired) electrons. The fraction of sp³-hybridized carbons (Fsp3) is 0.0667. The van der Waals surface area contributed by atoms with Gasteiger partial charge in [0, 0.05) is 23.2 Å². The van der Waals surface area contributed by atoms with Crippen molar-refractivity contribution in [3.8, 4) is 0 Å². The zero-order chi connectivity index (χ0) is 17.7. The van der Waals surface area contributed by atoms with Gasteiger partial charge in [0.2, 0.25) is 5.91 Å². The van der Waals surface area contributed by atoms with Crippen LogP contribution < -0.4 is 15.6 Å². The normalized spacial score (nSPS) is 10.9. The molecule has 0 fully saturated rings. The average molecular weight is 368 g/mol. The van der Waals surface area contributed by atoms with Gasteiger partial charge in [-0.05, 0) is 48.5 Å². The van der Waals surface area contributed by atoms with Crippen molar-refractivity contribution in [2.24, 2.45) is 0 Å². The van der Waals surface area contributed by atoms with E-state index in [0.717, 1.165) is 0 Å². The maximum Gasteiger partial charge on any atom is 0.266 e. The Labute approximate surface area is 144 Å². The van der Waals surface area contributed by atoms with Crippen LogP contribution in [0.15, 0.2) is 53.4 Å². The maximum atomic E-state index is 12.1. The van der Waals surface area contributed by atoms with Crippen LogP contribution in [0.3, 0.4) is 0 Å². The SMILES string of the molecule is CC(=O)Nc1ccc(S(=O)(=O)NNC(=O)c2ccc(Cl)cc2)cc1. The lowest BCUT2D eigenvalue weighted by Gasteiger charge is -2.09. The molecule has 0 saturated carbocycles. The number of amides is 2. The topological polar surface area (TPSA) is 104 Å². The van der Waals surface area contributed by atoms with Gasteiger partial charge in [0.25, 0.3) is 15.9 Å². The Morgan fingerprint density at radius 1 is 0.958 bits per heavy atom. The predicted octanol–water partition coefficient (Wildman–Crippen LogP) is 1.92. The van der Waals surface area contributed by atoms with E-state index in [4.69, 9.17) is 11.6 Å². The molecule has 0 bridgehead atoms. The second-order valence-corrected chi connectivity index (χ2v) is 6.89. The Hall–Kier alpha value is -2.42. The number of carbonyl (C=O) groups is 2. The molecule has 0 aromatic heterocycles. The minimum atomic E-state index is -3.94. The Kier molecular flexibility index (Phi) is 5.55. The second-order valence-electron chi connectivity index (χ2n) is 4.77. The summed E-state index contributed by atoms with van der Waals surface area (Å²) in [6.45, 7) is 1.35. The molecule has 0 unspecified atom stereocenters. The fourth-order valence-electron chi connectivity index (χ4n) is 1.77. The third kappa shape index (κ3) is 4.79. The minimum Gasteiger partial charge on any atom is -0.326 e. The first-order valence-electron chi connectivity index (χ1n) is 6.73. The summed E-state index contributed by atoms with van der Waals surface area (Å²) in [5.41, 5.74) is 2.83. The zero-order valence-corrected chi connectivity index (χ0v) is 14.1. The van der Waals surface area contributed by atoms with Gasteiger partial charge in [0.05, 0.1) is 4.90 Å². The Bertz CT molecular complexity index is 849. The highest BCUT2D eigenvalue weighted by Crippen LogP contribution is 2.14. The van der Waals surface area contributed by atoms with Crippen molar-refractivity contribution in [2.45, 2.75) is 11.8 Å². The van der Waals surface area contributed by atoms with E-state index in [1.54, 1.807) is 0 Å². The number of rotatable bonds is 5. The molecular weight excluding hydrogens is 354 g/mol. The van der Waals surface area contributed by atoms with Gasteiger partial charge in [-0.2, -0.15) is 0 Å². The van der Waals surface area contributed by atoms with Gasteiger partial charge in [0.1, 0.15) is 0 Å². The molecule has 0 aliphatic heterocycles. The van der Waals surface area contributed by atoms with Gasteiger partial charge in [-0.3, -0.25) is 15.0 Å². The van der Waals surface area contributed by atoms with E-state index in [2.05, 4.69) is 10.7 Å². The summed E-state index contributed by atoms with van der Waals surface area (Å²) in [5, 5.41) is 2.99. The van der Waals surface area contributed by atoms with Crippen LogP contribution in [0.1, 0.15) is 17.3 Å². The number of benzene rings is 2. The molecule has 0 saturated heterocycles. The summed E-state index contributed by atoms with van der Waals surface area (Å²) in [7, 11) is -3.94. The summed E-state index contributed by atoms with van der Waals surface area (Å²) in [6.07, 6.45) is 0. The van der Waals surface area contributed by atoms with Gasteiger partial charge in [-0.25, -0.2) is 8.42 Å². The molecule has 2 aromatic rings. The molecule has 126 valence electrons. The predicted molar refractivity (Wildman–Crippen MR) is 90.0 cm³/mol. The molecule has 0 aliphatic rings. The first-order valence-corrected chi connectivity index (χ1v) is 8.59. The van der Waals surface area contributed by atoms with Crippen molar-refractivity contribution in [2.75, 3.05) is 5.32 Å². The Morgan fingerprint density at radius 3 is 2.08 bits per heavy atom. The first-order chi connectivity index (χ1) is 11.3. The van der Waals surface area contributed by atoms with Gasteiger partial charge in [-0.15, -0.1) is 4.83 Å². The van der Waals surface area contributed by atoms with E-state index in [1.165, 1.54) is 55.5 Å². The quantitative estimate of drug-likeness (QED) is 0.702. The number of hydrazine groups is 1. The van der Waals surface area contributed by atoms with E-state index in [0.29, 0.717) is 10.7 Å². The lowest BCUT2D eigenvalue weighted by molar-refractivity contribution is -0.114. The third-order valence-electron chi connectivity index (χ3n) is 2.89. The van der Waals surface area contributed by atoms with Crippen LogP contribution in [0.4, 0.5) is 5.69 Å². The molecular formula is C15H14ClN3O4S. The van der Waals surface area contributed by atoms with Crippen LogP contribution in [0.2, 0.25) is 5.02 Å². The van der Waals surface area contributed by atoms with Crippen LogP contribution in [0, 0.1) is 0 Å². The third-order valence-corrected chi connectivity index (χ3v) is 4.41. The molecule has 0 heterocycles. The Balaban J connectivity index is 2.04. The van der Waals surface area contributed by atoms with Gasteiger partial charge >= 0.3 is 0 Å². The monoisotopic (exact) mass is 367 g/mol. The molecule has 9 heteroatoms. The number of anilines is 1. The van der Waals surface area contributed by atoms with Crippen molar-refractivity contribution in [3.05, 3.63) is 59.1 Å². The second kappa shape index (κ2) is 7.43. The van der Waals surface area contributed by atoms with E-state index < -0.39 is 15.9 Å². The highest BCUT2D eigenvalue weighted by Gasteiger charge is 2.15. The van der Waals surface area contributed by atoms with E-state index >= 15 is 0 Å². The number of nitrogens with one attached hydrogen (secondary N) is 3. The minimum absolute atomic E-state index is 0.0620. The van der Waals surface area contributed by atoms with Gasteiger partial charge < -0.3 is 5.32 Å². The number of hydrogen-bond donors (Lipinski definition) is 3. The lowest BCUT2D eigenvalue weighted by atomic mass is 10.2. The molecule has 7 nitrogen and oxygen atoms in total. The van der Waals surface area contributed by atoms with Crippen molar-refractivity contribution < 1.29 is 18.0 Å². The van der Waals surface area contributed by atoms with E-state index in [1.807, 2.05) is 4.83 Å². The number of sulfonamides is 1. The van der Waals surface area contributed by atoms with Gasteiger partial charge in [0.15, 0.2) is 0 Å². The summed E-state index contributed by atoms with van der Waals surface area (Å²) in [4.78, 5) is 24.8. The van der Waals surface area contributed by atoms with Crippen LogP contribution in [-0.4, -0.2) is 20.2 Å². The maximum absolute atomic E-state index is 12.1. The number of halogens is 1. The summed E-state index contributed by atoms with van der Waals surface area (Å²) in [6, 6.07) is 11.5. The molecule has 24 heavy (non-hydrogen) atoms. The summed E-state index contributed by atoms with van der Waals surface area (Å²) >= 11 is 5.72. The largest absolute Gasteiger partial charge is 0.326 e. The van der Waals surface area contributed by atoms with Crippen molar-refractivity contribution in [1.29, 1.82) is 0 Å². The highest BCUT2D eigenvalue weighted by atomic mass is 35.5. The van der Waals surface area contributed by atoms with Crippen LogP contribution in [0.5, 0.6) is 0 Å². The van der Waals surface area contributed by atoms with Gasteiger partial charge in [-0.1, -0.05) is 11.6 Å². The molecule has 2 aromatic carbocycles. The zero-order valence-electron chi connectivity index (χ0n) is 12.5. The summed E-state index contributed by atoms with van der Waals surface area (Å²) in [5.74, 6) is -0.885. The molecule has 2 rings (SSSR count). The van der Waals surface area contributed by atoms with Crippen molar-refractivity contribution in [3.63, 3.8) is 0 Å². The van der Waals surface area contributed by atoms with Crippen molar-refractivity contribution >= 4 is 39.1 Å². The summed E-state index contributed by atoms with van der Waals surface area (Å²) < 4.78 is 24.2. The molecule has 0 spiro atoms. The van der Waals surface area contributed by atoms with Crippen LogP contribution in [0.25, 0.3) is 0 Å². The number of carbonyl (C=O) groups excluding carboxylic acids is 2. The molecule has 0 aliphatic carbocycles. The first kappa shape index (κ1) is 17.9. The van der Waals surface area contributed by atoms with Crippen LogP contribution in [-0.2, 0) is 14.8 Å². The number of hydrogen-bond acceptors (Lipinski definition) is 4. The lowest BCUT2D eigenvalue weighted by Crippen LogP contribution is -2.41. The average Bonchev–Trinajstić information content (AvgIpc) is 2.53. The van der Waals surface area contributed by atoms with E-state index in [9.17, 15) is 18.0 Å².